The molecule has 4 aliphatic rings. The lowest BCUT2D eigenvalue weighted by atomic mass is 9.68. The number of ether oxygens (including phenoxy) is 1. The average Bonchev–Trinajstić information content (AvgIpc) is 2.99. The quantitative estimate of drug-likeness (QED) is 0.715. The molecule has 2 heterocycles. The zero-order valence-electron chi connectivity index (χ0n) is 13.1. The maximum absolute atomic E-state index is 6.34. The predicted molar refractivity (Wildman–Crippen MR) is 90.5 cm³/mol. The molecule has 1 spiro atoms. The van der Waals surface area contributed by atoms with Crippen molar-refractivity contribution in [2.75, 3.05) is 26.7 Å². The van der Waals surface area contributed by atoms with E-state index in [0.717, 1.165) is 29.3 Å². The Hall–Kier alpha value is -0.140. The smallest absolute Gasteiger partial charge is 0.123 e. The number of hydrogen-bond acceptors (Lipinski definition) is 3. The summed E-state index contributed by atoms with van der Waals surface area (Å²) in [5.74, 6) is 2.15. The van der Waals surface area contributed by atoms with E-state index in [1.54, 1.807) is 0 Å². The van der Waals surface area contributed by atoms with Crippen LogP contribution in [0.25, 0.3) is 0 Å². The molecule has 4 atom stereocenters. The largest absolute Gasteiger partial charge is 0.372 e. The van der Waals surface area contributed by atoms with Crippen LogP contribution in [0, 0.1) is 15.5 Å². The monoisotopic (exact) mass is 401 g/mol. The summed E-state index contributed by atoms with van der Waals surface area (Å²) in [6.45, 7) is 7.54. The number of likely N-dealkylation sites (N-methyl/N-ethyl adjacent to an activating group) is 1. The van der Waals surface area contributed by atoms with Gasteiger partial charge in [0.05, 0.1) is 12.2 Å². The lowest BCUT2D eigenvalue weighted by molar-refractivity contribution is -0.121. The number of aromatic nitrogens is 2. The summed E-state index contributed by atoms with van der Waals surface area (Å²) in [6, 6.07) is 2.74. The van der Waals surface area contributed by atoms with Crippen LogP contribution in [0.5, 0.6) is 0 Å². The summed E-state index contributed by atoms with van der Waals surface area (Å²) in [5, 5.41) is 4.71. The highest BCUT2D eigenvalue weighted by atomic mass is 127. The molecule has 0 N–H and O–H groups in total. The van der Waals surface area contributed by atoms with Crippen LogP contribution in [0.2, 0.25) is 0 Å². The van der Waals surface area contributed by atoms with Crippen molar-refractivity contribution in [3.05, 3.63) is 15.5 Å². The van der Waals surface area contributed by atoms with Crippen LogP contribution in [0.1, 0.15) is 44.3 Å². The number of morpholine rings is 1. The Bertz CT molecular complexity index is 558. The Morgan fingerprint density at radius 3 is 3.00 bits per heavy atom. The van der Waals surface area contributed by atoms with Gasteiger partial charge in [0.25, 0.3) is 0 Å². The van der Waals surface area contributed by atoms with E-state index in [2.05, 4.69) is 59.1 Å². The highest BCUT2D eigenvalue weighted by molar-refractivity contribution is 14.1. The van der Waals surface area contributed by atoms with Gasteiger partial charge >= 0.3 is 0 Å². The predicted octanol–water partition coefficient (Wildman–Crippen LogP) is 2.89. The van der Waals surface area contributed by atoms with Gasteiger partial charge in [0, 0.05) is 30.7 Å². The van der Waals surface area contributed by atoms with Crippen molar-refractivity contribution in [2.45, 2.75) is 44.2 Å². The Morgan fingerprint density at radius 2 is 2.29 bits per heavy atom. The van der Waals surface area contributed by atoms with Gasteiger partial charge < -0.3 is 9.64 Å². The molecular weight excluding hydrogens is 377 g/mol. The normalized spacial score (nSPS) is 39.2. The molecule has 116 valence electrons. The van der Waals surface area contributed by atoms with Gasteiger partial charge in [-0.05, 0) is 74.2 Å². The summed E-state index contributed by atoms with van der Waals surface area (Å²) in [7, 11) is 2.23. The topological polar surface area (TPSA) is 30.3 Å². The van der Waals surface area contributed by atoms with Gasteiger partial charge in [-0.2, -0.15) is 5.10 Å². The highest BCUT2D eigenvalue weighted by Crippen LogP contribution is 2.65. The maximum atomic E-state index is 6.34. The fraction of sp³-hybridized carbons (Fsp3) is 0.812. The molecule has 4 nitrogen and oxygen atoms in total. The van der Waals surface area contributed by atoms with Gasteiger partial charge in [0.15, 0.2) is 0 Å². The van der Waals surface area contributed by atoms with Gasteiger partial charge in [-0.15, -0.1) is 0 Å². The minimum Gasteiger partial charge on any atom is -0.372 e. The molecule has 1 saturated heterocycles. The van der Waals surface area contributed by atoms with Gasteiger partial charge in [0.2, 0.25) is 0 Å². The first-order chi connectivity index (χ1) is 10.00. The van der Waals surface area contributed by atoms with E-state index >= 15 is 0 Å². The van der Waals surface area contributed by atoms with Crippen molar-refractivity contribution in [1.82, 2.24) is 14.7 Å². The van der Waals surface area contributed by atoms with E-state index in [9.17, 15) is 0 Å². The van der Waals surface area contributed by atoms with Crippen molar-refractivity contribution >= 4 is 22.6 Å². The Morgan fingerprint density at radius 1 is 1.48 bits per heavy atom. The zero-order valence-corrected chi connectivity index (χ0v) is 15.2. The number of nitrogens with zero attached hydrogens (tertiary/aromatic N) is 3. The summed E-state index contributed by atoms with van der Waals surface area (Å²) in [6.07, 6.45) is 2.59. The summed E-state index contributed by atoms with van der Waals surface area (Å²) >= 11 is 2.35. The maximum Gasteiger partial charge on any atom is 0.123 e. The molecular formula is C16H24IN3O. The van der Waals surface area contributed by atoms with Crippen molar-refractivity contribution in [3.63, 3.8) is 0 Å². The van der Waals surface area contributed by atoms with Crippen LogP contribution in [0.4, 0.5) is 0 Å². The Kier molecular flexibility index (Phi) is 3.39. The lowest BCUT2D eigenvalue weighted by Gasteiger charge is -2.45. The molecule has 5 heteroatoms. The first-order valence-electron chi connectivity index (χ1n) is 8.07. The van der Waals surface area contributed by atoms with E-state index in [4.69, 9.17) is 9.84 Å². The Balaban J connectivity index is 1.65. The van der Waals surface area contributed by atoms with Gasteiger partial charge in [-0.25, -0.2) is 0 Å². The molecule has 0 aromatic carbocycles. The van der Waals surface area contributed by atoms with E-state index in [1.807, 2.05) is 0 Å². The van der Waals surface area contributed by atoms with Crippen molar-refractivity contribution < 1.29 is 4.74 Å². The fourth-order valence-electron chi connectivity index (χ4n) is 4.92. The highest BCUT2D eigenvalue weighted by Gasteiger charge is 2.64. The molecule has 21 heavy (non-hydrogen) atoms. The van der Waals surface area contributed by atoms with Crippen LogP contribution < -0.4 is 0 Å². The molecule has 0 amide bonds. The molecule has 0 radical (unpaired) electrons. The van der Waals surface area contributed by atoms with Crippen LogP contribution in [-0.2, 0) is 4.74 Å². The molecule has 1 aromatic rings. The molecule has 2 unspecified atom stereocenters. The second-order valence-electron chi connectivity index (χ2n) is 7.41. The first-order valence-corrected chi connectivity index (χ1v) is 9.15. The molecule has 4 fully saturated rings. The van der Waals surface area contributed by atoms with E-state index in [-0.39, 0.29) is 5.60 Å². The number of halogens is 1. The molecule has 3 aliphatic carbocycles. The van der Waals surface area contributed by atoms with Gasteiger partial charge in [0.1, 0.15) is 3.70 Å². The first kappa shape index (κ1) is 14.5. The van der Waals surface area contributed by atoms with E-state index in [0.29, 0.717) is 17.9 Å². The number of hydrogen-bond donors (Lipinski definition) is 0. The standard InChI is InChI=1S/C16H24IN3O/c1-10(2)20-13(7-14(17)18-20)15-11-6-12(15)16(8-11)9-19(3)4-5-21-16/h7,10-12,15H,4-6,8-9H2,1-3H3/t11-,12?,15-,16?/m0/s1. The minimum absolute atomic E-state index is 0.125. The third-order valence-corrected chi connectivity index (χ3v) is 6.27. The van der Waals surface area contributed by atoms with Crippen LogP contribution >= 0.6 is 22.6 Å². The summed E-state index contributed by atoms with van der Waals surface area (Å²) in [5.41, 5.74) is 1.57. The number of rotatable bonds is 2. The van der Waals surface area contributed by atoms with Crippen LogP contribution in [0.15, 0.2) is 6.07 Å². The van der Waals surface area contributed by atoms with Crippen molar-refractivity contribution in [3.8, 4) is 0 Å². The molecule has 3 saturated carbocycles. The average molecular weight is 401 g/mol. The molecule has 1 aromatic heterocycles. The van der Waals surface area contributed by atoms with E-state index in [1.165, 1.54) is 18.5 Å². The van der Waals surface area contributed by atoms with Crippen molar-refractivity contribution in [2.24, 2.45) is 11.8 Å². The fourth-order valence-corrected chi connectivity index (χ4v) is 5.47. The SMILES string of the molecule is CC(C)n1nc(I)cc1[C@@H]1C2C[C@H]1CC21CN(C)CCO1. The minimum atomic E-state index is 0.125. The second kappa shape index (κ2) is 4.93. The molecule has 1 aliphatic heterocycles. The van der Waals surface area contributed by atoms with Crippen molar-refractivity contribution in [1.29, 1.82) is 0 Å². The van der Waals surface area contributed by atoms with Gasteiger partial charge in [-0.3, -0.25) is 4.68 Å². The summed E-state index contributed by atoms with van der Waals surface area (Å²) in [4.78, 5) is 2.45. The third-order valence-electron chi connectivity index (χ3n) is 5.75. The Labute approximate surface area is 140 Å². The van der Waals surface area contributed by atoms with Crippen LogP contribution in [0.3, 0.4) is 0 Å². The second-order valence-corrected chi connectivity index (χ2v) is 8.52. The molecule has 5 rings (SSSR count). The van der Waals surface area contributed by atoms with E-state index < -0.39 is 0 Å². The van der Waals surface area contributed by atoms with Crippen LogP contribution in [-0.4, -0.2) is 47.0 Å². The summed E-state index contributed by atoms with van der Waals surface area (Å²) < 4.78 is 9.71. The lowest BCUT2D eigenvalue weighted by Crippen LogP contribution is -2.52. The van der Waals surface area contributed by atoms with Gasteiger partial charge in [-0.1, -0.05) is 0 Å². The third kappa shape index (κ3) is 2.10. The molecule has 2 bridgehead atoms. The zero-order chi connectivity index (χ0) is 14.8.